The third-order valence-electron chi connectivity index (χ3n) is 4.02. The van der Waals surface area contributed by atoms with Crippen molar-refractivity contribution in [1.82, 2.24) is 15.1 Å². The summed E-state index contributed by atoms with van der Waals surface area (Å²) in [4.78, 5) is 27.4. The number of nitrogens with one attached hydrogen (secondary N) is 1. The van der Waals surface area contributed by atoms with Crippen LogP contribution in [0.15, 0.2) is 0 Å². The van der Waals surface area contributed by atoms with E-state index in [-0.39, 0.29) is 17.9 Å². The van der Waals surface area contributed by atoms with Crippen molar-refractivity contribution in [2.75, 3.05) is 39.3 Å². The van der Waals surface area contributed by atoms with Gasteiger partial charge in [0, 0.05) is 39.1 Å². The zero-order valence-corrected chi connectivity index (χ0v) is 11.4. The Morgan fingerprint density at radius 1 is 1.16 bits per heavy atom. The SMILES string of the molecule is NC(=O)C1CCCCN1CCC(=O)N1CCNCC1. The predicted octanol–water partition coefficient (Wildman–Crippen LogP) is -0.852. The Bertz CT molecular complexity index is 329. The Kier molecular flexibility index (Phi) is 5.15. The smallest absolute Gasteiger partial charge is 0.234 e. The summed E-state index contributed by atoms with van der Waals surface area (Å²) in [6.07, 6.45) is 3.46. The lowest BCUT2D eigenvalue weighted by Gasteiger charge is -2.34. The molecule has 3 N–H and O–H groups in total. The van der Waals surface area contributed by atoms with E-state index < -0.39 is 0 Å². The number of nitrogens with two attached hydrogens (primary N) is 1. The van der Waals surface area contributed by atoms with Gasteiger partial charge in [-0.05, 0) is 19.4 Å². The van der Waals surface area contributed by atoms with Crippen LogP contribution < -0.4 is 11.1 Å². The second-order valence-electron chi connectivity index (χ2n) is 5.33. The lowest BCUT2D eigenvalue weighted by molar-refractivity contribution is -0.133. The Balaban J connectivity index is 1.79. The first-order valence-corrected chi connectivity index (χ1v) is 7.20. The van der Waals surface area contributed by atoms with Crippen molar-refractivity contribution in [1.29, 1.82) is 0 Å². The van der Waals surface area contributed by atoms with Crippen LogP contribution in [0.5, 0.6) is 0 Å². The summed E-state index contributed by atoms with van der Waals surface area (Å²) in [6.45, 7) is 4.85. The van der Waals surface area contributed by atoms with Gasteiger partial charge in [-0.15, -0.1) is 0 Å². The molecule has 0 radical (unpaired) electrons. The molecule has 0 aliphatic carbocycles. The van der Waals surface area contributed by atoms with Crippen LogP contribution in [0.4, 0.5) is 0 Å². The number of carbonyl (C=O) groups excluding carboxylic acids is 2. The van der Waals surface area contributed by atoms with Crippen LogP contribution in [0.3, 0.4) is 0 Å². The number of amides is 2. The maximum atomic E-state index is 12.1. The molecule has 0 saturated carbocycles. The van der Waals surface area contributed by atoms with Crippen molar-refractivity contribution >= 4 is 11.8 Å². The van der Waals surface area contributed by atoms with Gasteiger partial charge in [-0.1, -0.05) is 6.42 Å². The van der Waals surface area contributed by atoms with E-state index >= 15 is 0 Å². The number of primary amides is 1. The number of carbonyl (C=O) groups is 2. The van der Waals surface area contributed by atoms with Crippen LogP contribution in [0.1, 0.15) is 25.7 Å². The van der Waals surface area contributed by atoms with E-state index in [1.54, 1.807) is 0 Å². The Labute approximate surface area is 114 Å². The van der Waals surface area contributed by atoms with Crippen molar-refractivity contribution in [3.63, 3.8) is 0 Å². The van der Waals surface area contributed by atoms with Gasteiger partial charge in [0.05, 0.1) is 6.04 Å². The van der Waals surface area contributed by atoms with Crippen LogP contribution >= 0.6 is 0 Å². The van der Waals surface area contributed by atoms with Crippen molar-refractivity contribution in [2.45, 2.75) is 31.7 Å². The molecule has 6 nitrogen and oxygen atoms in total. The zero-order valence-electron chi connectivity index (χ0n) is 11.4. The second kappa shape index (κ2) is 6.86. The van der Waals surface area contributed by atoms with Crippen LogP contribution in [-0.4, -0.2) is 66.9 Å². The minimum atomic E-state index is -0.255. The average Bonchev–Trinajstić information content (AvgIpc) is 2.46. The number of piperidine rings is 1. The number of nitrogens with zero attached hydrogens (tertiary/aromatic N) is 2. The molecule has 2 heterocycles. The van der Waals surface area contributed by atoms with Gasteiger partial charge in [0.25, 0.3) is 0 Å². The number of piperazine rings is 1. The maximum absolute atomic E-state index is 12.1. The topological polar surface area (TPSA) is 78.7 Å². The fourth-order valence-corrected chi connectivity index (χ4v) is 2.89. The summed E-state index contributed by atoms with van der Waals surface area (Å²) in [5.74, 6) is -0.0652. The third-order valence-corrected chi connectivity index (χ3v) is 4.02. The van der Waals surface area contributed by atoms with Gasteiger partial charge in [-0.2, -0.15) is 0 Å². The van der Waals surface area contributed by atoms with Crippen LogP contribution in [0.2, 0.25) is 0 Å². The van der Waals surface area contributed by atoms with E-state index in [4.69, 9.17) is 5.73 Å². The van der Waals surface area contributed by atoms with Gasteiger partial charge in [-0.3, -0.25) is 14.5 Å². The Morgan fingerprint density at radius 2 is 1.89 bits per heavy atom. The standard InChI is InChI=1S/C13H24N4O2/c14-13(19)11-3-1-2-7-16(11)8-4-12(18)17-9-5-15-6-10-17/h11,15H,1-10H2,(H2,14,19). The molecular weight excluding hydrogens is 244 g/mol. The molecule has 0 aromatic carbocycles. The van der Waals surface area contributed by atoms with E-state index in [1.807, 2.05) is 4.90 Å². The highest BCUT2D eigenvalue weighted by atomic mass is 16.2. The molecule has 2 saturated heterocycles. The van der Waals surface area contributed by atoms with E-state index in [1.165, 1.54) is 0 Å². The first kappa shape index (κ1) is 14.3. The Hall–Kier alpha value is -1.14. The molecule has 108 valence electrons. The number of hydrogen-bond acceptors (Lipinski definition) is 4. The number of hydrogen-bond donors (Lipinski definition) is 2. The van der Waals surface area contributed by atoms with Crippen LogP contribution in [0.25, 0.3) is 0 Å². The van der Waals surface area contributed by atoms with Gasteiger partial charge in [-0.25, -0.2) is 0 Å². The highest BCUT2D eigenvalue weighted by Gasteiger charge is 2.27. The fourth-order valence-electron chi connectivity index (χ4n) is 2.89. The average molecular weight is 268 g/mol. The van der Waals surface area contributed by atoms with E-state index in [2.05, 4.69) is 10.2 Å². The largest absolute Gasteiger partial charge is 0.368 e. The molecule has 19 heavy (non-hydrogen) atoms. The Morgan fingerprint density at radius 3 is 2.58 bits per heavy atom. The van der Waals surface area contributed by atoms with Gasteiger partial charge in [0.15, 0.2) is 0 Å². The highest BCUT2D eigenvalue weighted by Crippen LogP contribution is 2.17. The molecule has 1 unspecified atom stereocenters. The van der Waals surface area contributed by atoms with Crippen molar-refractivity contribution in [3.05, 3.63) is 0 Å². The zero-order chi connectivity index (χ0) is 13.7. The van der Waals surface area contributed by atoms with Crippen molar-refractivity contribution < 1.29 is 9.59 Å². The third kappa shape index (κ3) is 3.91. The summed E-state index contributed by atoms with van der Waals surface area (Å²) in [6, 6.07) is -0.176. The molecule has 2 rings (SSSR count). The molecule has 6 heteroatoms. The van der Waals surface area contributed by atoms with E-state index in [0.717, 1.165) is 52.0 Å². The molecule has 2 fully saturated rings. The van der Waals surface area contributed by atoms with E-state index in [0.29, 0.717) is 13.0 Å². The summed E-state index contributed by atoms with van der Waals surface area (Å²) >= 11 is 0. The first-order valence-electron chi connectivity index (χ1n) is 7.20. The summed E-state index contributed by atoms with van der Waals surface area (Å²) in [7, 11) is 0. The number of likely N-dealkylation sites (tertiary alicyclic amines) is 1. The summed E-state index contributed by atoms with van der Waals surface area (Å²) in [5.41, 5.74) is 5.42. The minimum Gasteiger partial charge on any atom is -0.368 e. The molecule has 0 aromatic rings. The maximum Gasteiger partial charge on any atom is 0.234 e. The first-order chi connectivity index (χ1) is 9.18. The van der Waals surface area contributed by atoms with Crippen LogP contribution in [-0.2, 0) is 9.59 Å². The quantitative estimate of drug-likeness (QED) is 0.696. The minimum absolute atomic E-state index is 0.176. The van der Waals surface area contributed by atoms with Gasteiger partial charge < -0.3 is 16.0 Å². The predicted molar refractivity (Wildman–Crippen MR) is 72.5 cm³/mol. The van der Waals surface area contributed by atoms with Crippen molar-refractivity contribution in [2.24, 2.45) is 5.73 Å². The van der Waals surface area contributed by atoms with Gasteiger partial charge >= 0.3 is 0 Å². The highest BCUT2D eigenvalue weighted by molar-refractivity contribution is 5.80. The lowest BCUT2D eigenvalue weighted by atomic mass is 10.0. The molecule has 2 aliphatic rings. The second-order valence-corrected chi connectivity index (χ2v) is 5.33. The van der Waals surface area contributed by atoms with Gasteiger partial charge in [0.2, 0.25) is 11.8 Å². The molecule has 1 atom stereocenters. The molecule has 0 bridgehead atoms. The fraction of sp³-hybridized carbons (Fsp3) is 0.846. The normalized spacial score (nSPS) is 25.3. The molecular formula is C13H24N4O2. The molecule has 0 spiro atoms. The molecule has 0 aromatic heterocycles. The monoisotopic (exact) mass is 268 g/mol. The summed E-state index contributed by atoms with van der Waals surface area (Å²) < 4.78 is 0. The summed E-state index contributed by atoms with van der Waals surface area (Å²) in [5, 5.41) is 3.23. The van der Waals surface area contributed by atoms with Crippen molar-refractivity contribution in [3.8, 4) is 0 Å². The van der Waals surface area contributed by atoms with Crippen LogP contribution in [0, 0.1) is 0 Å². The molecule has 2 aliphatic heterocycles. The molecule has 2 amide bonds. The number of rotatable bonds is 4. The van der Waals surface area contributed by atoms with Gasteiger partial charge in [0.1, 0.15) is 0 Å². The lowest BCUT2D eigenvalue weighted by Crippen LogP contribution is -2.50. The van der Waals surface area contributed by atoms with E-state index in [9.17, 15) is 9.59 Å².